The van der Waals surface area contributed by atoms with Gasteiger partial charge in [0.05, 0.1) is 18.7 Å². The number of carbonyl (C=O) groups excluding carboxylic acids is 3. The van der Waals surface area contributed by atoms with Gasteiger partial charge >= 0.3 is 0 Å². The van der Waals surface area contributed by atoms with Crippen LogP contribution < -0.4 is 15.0 Å². The lowest BCUT2D eigenvalue weighted by Gasteiger charge is -2.39. The summed E-state index contributed by atoms with van der Waals surface area (Å²) in [5.41, 5.74) is 0.692. The molecule has 3 heterocycles. The number of hydrogen-bond acceptors (Lipinski definition) is 4. The van der Waals surface area contributed by atoms with E-state index in [-0.39, 0.29) is 35.7 Å². The predicted octanol–water partition coefficient (Wildman–Crippen LogP) is 0.928. The van der Waals surface area contributed by atoms with E-state index in [0.29, 0.717) is 37.4 Å². The molecule has 3 amide bonds. The highest BCUT2D eigenvalue weighted by molar-refractivity contribution is 5.98. The number of para-hydroxylation sites is 2. The Morgan fingerprint density at radius 3 is 2.81 bits per heavy atom. The van der Waals surface area contributed by atoms with Gasteiger partial charge < -0.3 is 19.9 Å². The summed E-state index contributed by atoms with van der Waals surface area (Å²) in [7, 11) is 1.57. The highest BCUT2D eigenvalue weighted by Crippen LogP contribution is 2.35. The number of piperazine rings is 1. The van der Waals surface area contributed by atoms with E-state index in [0.717, 1.165) is 12.8 Å². The minimum atomic E-state index is -0.349. The number of ether oxygens (including phenoxy) is 1. The summed E-state index contributed by atoms with van der Waals surface area (Å²) in [5, 5.41) is 2.87. The maximum Gasteiger partial charge on any atom is 0.242 e. The molecular weight excluding hydrogens is 334 g/mol. The zero-order chi connectivity index (χ0) is 18.3. The van der Waals surface area contributed by atoms with Crippen molar-refractivity contribution in [1.82, 2.24) is 10.2 Å². The molecule has 0 aromatic heterocycles. The van der Waals surface area contributed by atoms with Crippen LogP contribution in [0.5, 0.6) is 5.75 Å². The van der Waals surface area contributed by atoms with Crippen LogP contribution in [0.15, 0.2) is 24.3 Å². The molecule has 3 aliphatic rings. The first-order chi connectivity index (χ1) is 12.6. The van der Waals surface area contributed by atoms with Crippen molar-refractivity contribution in [2.24, 2.45) is 5.92 Å². The van der Waals surface area contributed by atoms with Crippen LogP contribution in [0.1, 0.15) is 25.7 Å². The molecule has 3 atom stereocenters. The molecule has 26 heavy (non-hydrogen) atoms. The van der Waals surface area contributed by atoms with Gasteiger partial charge in [0, 0.05) is 25.6 Å². The zero-order valence-corrected chi connectivity index (χ0v) is 14.8. The van der Waals surface area contributed by atoms with E-state index in [1.807, 2.05) is 24.3 Å². The van der Waals surface area contributed by atoms with Gasteiger partial charge in [0.2, 0.25) is 17.7 Å². The zero-order valence-electron chi connectivity index (χ0n) is 14.8. The first kappa shape index (κ1) is 16.9. The molecule has 2 bridgehead atoms. The van der Waals surface area contributed by atoms with Gasteiger partial charge in [-0.2, -0.15) is 0 Å². The molecule has 3 fully saturated rings. The minimum absolute atomic E-state index is 0.000233. The number of rotatable bonds is 3. The van der Waals surface area contributed by atoms with Crippen LogP contribution in [-0.4, -0.2) is 54.9 Å². The standard InChI is InChI=1S/C19H23N3O4/c1-26-16-5-3-2-4-14(16)21-11-12(6-9-17(21)23)19(25)22-13-7-8-15(22)18(24)20-10-13/h2-5,12-13,15H,6-11H2,1H3,(H,20,24). The van der Waals surface area contributed by atoms with Crippen molar-refractivity contribution in [3.8, 4) is 5.75 Å². The van der Waals surface area contributed by atoms with Gasteiger partial charge in [-0.25, -0.2) is 0 Å². The summed E-state index contributed by atoms with van der Waals surface area (Å²) >= 11 is 0. The molecular formula is C19H23N3O4. The van der Waals surface area contributed by atoms with Crippen molar-refractivity contribution in [2.45, 2.75) is 37.8 Å². The third-order valence-electron chi connectivity index (χ3n) is 5.71. The van der Waals surface area contributed by atoms with Gasteiger partial charge in [-0.05, 0) is 31.4 Å². The average molecular weight is 357 g/mol. The molecule has 3 saturated heterocycles. The van der Waals surface area contributed by atoms with Crippen LogP contribution in [0, 0.1) is 5.92 Å². The number of nitrogens with zero attached hydrogens (tertiary/aromatic N) is 2. The average Bonchev–Trinajstić information content (AvgIpc) is 3.01. The summed E-state index contributed by atoms with van der Waals surface area (Å²) in [6, 6.07) is 7.08. The van der Waals surface area contributed by atoms with Crippen molar-refractivity contribution < 1.29 is 19.1 Å². The molecule has 1 aromatic carbocycles. The van der Waals surface area contributed by atoms with Crippen molar-refractivity contribution in [2.75, 3.05) is 25.1 Å². The Morgan fingerprint density at radius 2 is 2.00 bits per heavy atom. The van der Waals surface area contributed by atoms with Gasteiger partial charge in [0.1, 0.15) is 11.8 Å². The van der Waals surface area contributed by atoms with Gasteiger partial charge in [-0.3, -0.25) is 14.4 Å². The van der Waals surface area contributed by atoms with E-state index in [2.05, 4.69) is 5.32 Å². The molecule has 3 aliphatic heterocycles. The SMILES string of the molecule is COc1ccccc1N1CC(C(=O)N2C3CCC2C(=O)NC3)CCC1=O. The molecule has 4 rings (SSSR count). The van der Waals surface area contributed by atoms with Crippen LogP contribution in [-0.2, 0) is 14.4 Å². The first-order valence-electron chi connectivity index (χ1n) is 9.13. The van der Waals surface area contributed by atoms with E-state index in [1.165, 1.54) is 0 Å². The second kappa shape index (κ2) is 6.63. The highest BCUT2D eigenvalue weighted by atomic mass is 16.5. The molecule has 138 valence electrons. The fourth-order valence-corrected chi connectivity index (χ4v) is 4.35. The summed E-state index contributed by atoms with van der Waals surface area (Å²) in [5.74, 6) is 0.274. The van der Waals surface area contributed by atoms with Crippen molar-refractivity contribution >= 4 is 23.4 Å². The van der Waals surface area contributed by atoms with Crippen molar-refractivity contribution in [3.63, 3.8) is 0 Å². The third kappa shape index (κ3) is 2.71. The summed E-state index contributed by atoms with van der Waals surface area (Å²) in [6.45, 7) is 0.860. The van der Waals surface area contributed by atoms with Gasteiger partial charge in [0.15, 0.2) is 0 Å². The minimum Gasteiger partial charge on any atom is -0.495 e. The van der Waals surface area contributed by atoms with Crippen LogP contribution in [0.3, 0.4) is 0 Å². The van der Waals surface area contributed by atoms with Crippen LogP contribution >= 0.6 is 0 Å². The largest absolute Gasteiger partial charge is 0.495 e. The van der Waals surface area contributed by atoms with E-state index in [9.17, 15) is 14.4 Å². The number of anilines is 1. The first-order valence-corrected chi connectivity index (χ1v) is 9.13. The maximum atomic E-state index is 13.2. The fraction of sp³-hybridized carbons (Fsp3) is 0.526. The van der Waals surface area contributed by atoms with E-state index in [1.54, 1.807) is 16.9 Å². The molecule has 7 nitrogen and oxygen atoms in total. The number of nitrogens with one attached hydrogen (secondary N) is 1. The fourth-order valence-electron chi connectivity index (χ4n) is 4.35. The number of hydrogen-bond donors (Lipinski definition) is 1. The molecule has 0 saturated carbocycles. The number of piperidine rings is 1. The van der Waals surface area contributed by atoms with Gasteiger partial charge in [-0.1, -0.05) is 12.1 Å². The predicted molar refractivity (Wildman–Crippen MR) is 94.7 cm³/mol. The Labute approximate surface area is 152 Å². The summed E-state index contributed by atoms with van der Waals surface area (Å²) in [4.78, 5) is 41.2. The van der Waals surface area contributed by atoms with E-state index in [4.69, 9.17) is 4.74 Å². The summed E-state index contributed by atoms with van der Waals surface area (Å²) in [6.07, 6.45) is 2.44. The van der Waals surface area contributed by atoms with Crippen molar-refractivity contribution in [3.05, 3.63) is 24.3 Å². The quantitative estimate of drug-likeness (QED) is 0.873. The Morgan fingerprint density at radius 1 is 1.19 bits per heavy atom. The smallest absolute Gasteiger partial charge is 0.242 e. The number of amides is 3. The van der Waals surface area contributed by atoms with Crippen LogP contribution in [0.25, 0.3) is 0 Å². The lowest BCUT2D eigenvalue weighted by atomic mass is 9.94. The molecule has 1 aromatic rings. The normalized spacial score (nSPS) is 28.1. The number of carbonyl (C=O) groups is 3. The monoisotopic (exact) mass is 357 g/mol. The number of benzene rings is 1. The highest BCUT2D eigenvalue weighted by Gasteiger charge is 2.47. The summed E-state index contributed by atoms with van der Waals surface area (Å²) < 4.78 is 5.37. The molecule has 3 unspecified atom stereocenters. The second-order valence-electron chi connectivity index (χ2n) is 7.15. The van der Waals surface area contributed by atoms with E-state index >= 15 is 0 Å². The Hall–Kier alpha value is -2.57. The Kier molecular flexibility index (Phi) is 4.30. The third-order valence-corrected chi connectivity index (χ3v) is 5.71. The molecule has 0 aliphatic carbocycles. The Balaban J connectivity index is 1.56. The number of methoxy groups -OCH3 is 1. The maximum absolute atomic E-state index is 13.2. The lowest BCUT2D eigenvalue weighted by molar-refractivity contribution is -0.147. The van der Waals surface area contributed by atoms with Gasteiger partial charge in [0.25, 0.3) is 0 Å². The number of fused-ring (bicyclic) bond motifs is 2. The van der Waals surface area contributed by atoms with Crippen LogP contribution in [0.2, 0.25) is 0 Å². The molecule has 0 radical (unpaired) electrons. The molecule has 0 spiro atoms. The second-order valence-corrected chi connectivity index (χ2v) is 7.15. The van der Waals surface area contributed by atoms with Crippen molar-refractivity contribution in [1.29, 1.82) is 0 Å². The van der Waals surface area contributed by atoms with Gasteiger partial charge in [-0.15, -0.1) is 0 Å². The van der Waals surface area contributed by atoms with E-state index < -0.39 is 0 Å². The topological polar surface area (TPSA) is 79.0 Å². The lowest BCUT2D eigenvalue weighted by Crippen LogP contribution is -2.60. The van der Waals surface area contributed by atoms with Crippen LogP contribution in [0.4, 0.5) is 5.69 Å². The molecule has 7 heteroatoms. The Bertz CT molecular complexity index is 750. The molecule has 1 N–H and O–H groups in total.